The number of ether oxygens (including phenoxy) is 2. The van der Waals surface area contributed by atoms with Crippen molar-refractivity contribution < 1.29 is 9.47 Å². The molecule has 4 aliphatic heterocycles. The number of hydrogen-bond donors (Lipinski definition) is 0. The number of nitrogens with zero attached hydrogens (tertiary/aromatic N) is 4. The van der Waals surface area contributed by atoms with E-state index in [1.807, 2.05) is 37.4 Å². The van der Waals surface area contributed by atoms with Crippen molar-refractivity contribution in [3.8, 4) is 44.5 Å². The first-order valence-electron chi connectivity index (χ1n) is 34.4. The van der Waals surface area contributed by atoms with E-state index in [-0.39, 0.29) is 32.5 Å². The van der Waals surface area contributed by atoms with Crippen LogP contribution in [0.4, 0.5) is 22.7 Å². The van der Waals surface area contributed by atoms with Gasteiger partial charge in [0.25, 0.3) is 11.8 Å². The second-order valence-electron chi connectivity index (χ2n) is 32.1. The molecule has 0 N–H and O–H groups in total. The van der Waals surface area contributed by atoms with Crippen LogP contribution in [0.25, 0.3) is 44.5 Å². The molecule has 0 bridgehead atoms. The van der Waals surface area contributed by atoms with Crippen LogP contribution in [-0.2, 0) is 42.0 Å². The first-order valence-corrected chi connectivity index (χ1v) is 36.0. The molecule has 0 spiro atoms. The molecule has 0 saturated heterocycles. The normalized spacial score (nSPS) is 20.3. The fourth-order valence-electron chi connectivity index (χ4n) is 16.5. The van der Waals surface area contributed by atoms with Crippen LogP contribution in [0.5, 0.6) is 0 Å². The topological polar surface area (TPSA) is 31.4 Å². The van der Waals surface area contributed by atoms with E-state index < -0.39 is 0 Å². The minimum atomic E-state index is -0.0440. The molecule has 8 aliphatic rings. The lowest BCUT2D eigenvalue weighted by atomic mass is 9.79. The largest absolute Gasteiger partial charge is 0.439 e. The molecule has 488 valence electrons. The molecule has 8 aromatic carbocycles. The lowest BCUT2D eigenvalue weighted by Gasteiger charge is -2.29. The Morgan fingerprint density at radius 1 is 0.292 bits per heavy atom. The summed E-state index contributed by atoms with van der Waals surface area (Å²) in [6.45, 7) is 50.1. The number of allylic oxidation sites excluding steroid dienone is 8. The number of rotatable bonds is 4. The highest BCUT2D eigenvalue weighted by atomic mass is 32.2. The number of fused-ring (bicyclic) bond motifs is 12. The number of anilines is 4. The fourth-order valence-corrected chi connectivity index (χ4v) is 18.8. The van der Waals surface area contributed by atoms with Crippen molar-refractivity contribution in [1.29, 1.82) is 0 Å². The van der Waals surface area contributed by atoms with Gasteiger partial charge in [-0.2, -0.15) is 0 Å². The summed E-state index contributed by atoms with van der Waals surface area (Å²) < 4.78 is 13.2. The van der Waals surface area contributed by atoms with E-state index in [2.05, 4.69) is 316 Å². The maximum Gasteiger partial charge on any atom is 0.267 e. The van der Waals surface area contributed by atoms with Crippen molar-refractivity contribution in [3.63, 3.8) is 0 Å². The summed E-state index contributed by atoms with van der Waals surface area (Å²) in [7, 11) is 0. The Bertz CT molecular complexity index is 4650. The molecule has 4 heterocycles. The molecule has 0 fully saturated rings. The fraction of sp³-hybridized carbons (Fsp3) is 0.318. The summed E-state index contributed by atoms with van der Waals surface area (Å²) >= 11 is 3.83. The molecule has 0 atom stereocenters. The predicted molar refractivity (Wildman–Crippen MR) is 408 cm³/mol. The molecule has 0 amide bonds. The van der Waals surface area contributed by atoms with E-state index >= 15 is 0 Å². The molecule has 8 heteroatoms. The third-order valence-electron chi connectivity index (χ3n) is 22.8. The molecule has 4 aliphatic carbocycles. The van der Waals surface area contributed by atoms with Crippen LogP contribution in [0.3, 0.4) is 0 Å². The third kappa shape index (κ3) is 9.40. The SMILES string of the molecule is CC1=C(C)N(c2ccc3c(c2)-c2ccc(C(C)(C)C)cc2C3(C)C)/C(=C2\SC(C)=C(C)N2c2ccc3c(c2)-c2ccc(C(C)(C)C)cc2C3(C)C)S1.CC1=C(C)N(c2ccc3c(c2)-c2ccccc2C3(C)C)/C(=C2\OC(C)=C(C)N2c2ccc3c(c2)-c2ccccc2C3(C)C)O1. The molecular weight excluding hydrogens is 1210 g/mol. The number of benzene rings is 8. The lowest BCUT2D eigenvalue weighted by Crippen LogP contribution is -2.25. The second-order valence-corrected chi connectivity index (χ2v) is 34.5. The van der Waals surface area contributed by atoms with E-state index in [1.165, 1.54) is 143 Å². The molecule has 96 heavy (non-hydrogen) atoms. The average Bonchev–Trinajstić information content (AvgIpc) is 1.52. The molecule has 0 saturated carbocycles. The quantitative estimate of drug-likeness (QED) is 0.172. The third-order valence-corrected chi connectivity index (χ3v) is 25.2. The van der Waals surface area contributed by atoms with E-state index in [4.69, 9.17) is 9.47 Å². The van der Waals surface area contributed by atoms with Gasteiger partial charge >= 0.3 is 0 Å². The van der Waals surface area contributed by atoms with Gasteiger partial charge in [-0.05, 0) is 215 Å². The zero-order valence-corrected chi connectivity index (χ0v) is 62.1. The van der Waals surface area contributed by atoms with Crippen molar-refractivity contribution in [3.05, 3.63) is 279 Å². The first kappa shape index (κ1) is 63.7. The van der Waals surface area contributed by atoms with Crippen LogP contribution in [0.1, 0.15) is 208 Å². The van der Waals surface area contributed by atoms with E-state index in [0.717, 1.165) is 34.3 Å². The zero-order valence-electron chi connectivity index (χ0n) is 60.4. The standard InChI is InChI=1S/C48H54N2S2.C40H38N2O2/c1-27-29(3)51-43(49(27)33-17-21-39-37(25-33)35-19-15-31(45(5,6)7)23-41(35)47(39,11)12)44-50(28(2)30(4)52-44)34-18-22-40-38(26-34)36-20-16-32(46(8,9)10)24-42(36)48(40,13)14;1-23-25(3)43-37(41(23)27-17-19-35-31(21-27)29-13-9-11-15-33(29)39(35,5)6)38-42(24(2)26(4)44-38)28-18-20-36-32(22-28)30-14-10-12-16-34(30)40(36,7)8/h15-26H,1-14H3;9-22H,1-8H3/b44-43+;38-37+. The van der Waals surface area contributed by atoms with Crippen LogP contribution >= 0.6 is 23.5 Å². The Hall–Kier alpha value is -8.30. The van der Waals surface area contributed by atoms with Gasteiger partial charge < -0.3 is 19.3 Å². The highest BCUT2D eigenvalue weighted by Crippen LogP contribution is 2.59. The van der Waals surface area contributed by atoms with Crippen LogP contribution in [-0.4, -0.2) is 0 Å². The average molecular weight is 1300 g/mol. The molecule has 8 aromatic rings. The molecule has 16 rings (SSSR count). The summed E-state index contributed by atoms with van der Waals surface area (Å²) in [6.07, 6.45) is 0. The van der Waals surface area contributed by atoms with E-state index in [9.17, 15) is 0 Å². The lowest BCUT2D eigenvalue weighted by molar-refractivity contribution is 0.255. The Kier molecular flexibility index (Phi) is 14.3. The summed E-state index contributed by atoms with van der Waals surface area (Å²) in [4.78, 5) is 12.2. The van der Waals surface area contributed by atoms with Crippen molar-refractivity contribution in [1.82, 2.24) is 0 Å². The van der Waals surface area contributed by atoms with Crippen molar-refractivity contribution in [2.75, 3.05) is 19.6 Å². The number of hydrogen-bond acceptors (Lipinski definition) is 8. The van der Waals surface area contributed by atoms with Gasteiger partial charge in [0, 0.05) is 65.6 Å². The van der Waals surface area contributed by atoms with Crippen LogP contribution in [0.15, 0.2) is 224 Å². The molecule has 0 unspecified atom stereocenters. The highest BCUT2D eigenvalue weighted by molar-refractivity contribution is 8.10. The molecule has 0 aromatic heterocycles. The Labute approximate surface area is 580 Å². The van der Waals surface area contributed by atoms with Crippen LogP contribution in [0.2, 0.25) is 0 Å². The van der Waals surface area contributed by atoms with Crippen molar-refractivity contribution >= 4 is 46.3 Å². The summed E-state index contributed by atoms with van der Waals surface area (Å²) in [5.74, 6) is 3.10. The van der Waals surface area contributed by atoms with Gasteiger partial charge in [-0.3, -0.25) is 9.80 Å². The minimum absolute atomic E-state index is 0.0433. The van der Waals surface area contributed by atoms with Gasteiger partial charge in [0.05, 0.1) is 11.4 Å². The molecular formula is C88H92N4O2S2. The van der Waals surface area contributed by atoms with Crippen molar-refractivity contribution in [2.45, 2.75) is 185 Å². The number of thioether (sulfide) groups is 2. The van der Waals surface area contributed by atoms with E-state index in [1.54, 1.807) is 0 Å². The van der Waals surface area contributed by atoms with Crippen molar-refractivity contribution in [2.24, 2.45) is 0 Å². The second kappa shape index (κ2) is 21.6. The molecule has 6 nitrogen and oxygen atoms in total. The highest BCUT2D eigenvalue weighted by Gasteiger charge is 2.45. The minimum Gasteiger partial charge on any atom is -0.439 e. The zero-order chi connectivity index (χ0) is 68.2. The van der Waals surface area contributed by atoms with Gasteiger partial charge in [-0.25, -0.2) is 0 Å². The maximum atomic E-state index is 6.58. The van der Waals surface area contributed by atoms with Crippen LogP contribution in [0, 0.1) is 0 Å². The van der Waals surface area contributed by atoms with Gasteiger partial charge in [-0.1, -0.05) is 230 Å². The summed E-state index contributed by atoms with van der Waals surface area (Å²) in [5, 5.41) is 2.57. The Morgan fingerprint density at radius 2 is 0.573 bits per heavy atom. The van der Waals surface area contributed by atoms with Crippen LogP contribution < -0.4 is 19.6 Å². The summed E-state index contributed by atoms with van der Waals surface area (Å²) in [5.41, 5.74) is 33.9. The van der Waals surface area contributed by atoms with Gasteiger partial charge in [0.15, 0.2) is 0 Å². The maximum absolute atomic E-state index is 6.58. The van der Waals surface area contributed by atoms with Gasteiger partial charge in [0.1, 0.15) is 21.6 Å². The van der Waals surface area contributed by atoms with Gasteiger partial charge in [0.2, 0.25) is 0 Å². The Morgan fingerprint density at radius 3 is 0.896 bits per heavy atom. The van der Waals surface area contributed by atoms with E-state index in [0.29, 0.717) is 11.8 Å². The molecule has 0 radical (unpaired) electrons. The summed E-state index contributed by atoms with van der Waals surface area (Å²) in [6, 6.07) is 60.0. The Balaban J connectivity index is 0.000000160. The predicted octanol–water partition coefficient (Wildman–Crippen LogP) is 24.6. The smallest absolute Gasteiger partial charge is 0.267 e. The monoisotopic (exact) mass is 1300 g/mol. The van der Waals surface area contributed by atoms with Gasteiger partial charge in [-0.15, -0.1) is 0 Å². The first-order chi connectivity index (χ1) is 45.2.